The second-order valence-electron chi connectivity index (χ2n) is 3.88. The summed E-state index contributed by atoms with van der Waals surface area (Å²) in [4.78, 5) is 0.295. The Labute approximate surface area is 104 Å². The Morgan fingerprint density at radius 1 is 1.18 bits per heavy atom. The van der Waals surface area contributed by atoms with Crippen molar-refractivity contribution in [2.24, 2.45) is 0 Å². The van der Waals surface area contributed by atoms with E-state index in [0.717, 1.165) is 5.56 Å². The summed E-state index contributed by atoms with van der Waals surface area (Å²) in [6.07, 6.45) is 7.18. The lowest BCUT2D eigenvalue weighted by molar-refractivity contribution is -0.729. The van der Waals surface area contributed by atoms with Crippen LogP contribution in [0.25, 0.3) is 0 Å². The zero-order chi connectivity index (χ0) is 12.1. The minimum atomic E-state index is -0.653. The number of nitrogens with zero attached hydrogens (tertiary/aromatic N) is 1. The fourth-order valence-electron chi connectivity index (χ4n) is 1.74. The molecule has 1 aliphatic rings. The predicted octanol–water partition coefficient (Wildman–Crippen LogP) is 1.97. The van der Waals surface area contributed by atoms with Gasteiger partial charge in [0.05, 0.1) is 6.54 Å². The molecule has 0 spiro atoms. The third-order valence-corrected chi connectivity index (χ3v) is 3.33. The van der Waals surface area contributed by atoms with E-state index in [1.165, 1.54) is 6.20 Å². The molecule has 2 rings (SSSR count). The maximum atomic E-state index is 12.4. The molecule has 88 valence electrons. The van der Waals surface area contributed by atoms with Crippen molar-refractivity contribution in [2.45, 2.75) is 6.42 Å². The first-order valence-corrected chi connectivity index (χ1v) is 6.15. The SMILES string of the molecule is O=S=C1C=CC=C[N+]1([O-])CCc1ccccc1. The van der Waals surface area contributed by atoms with Crippen molar-refractivity contribution < 1.29 is 8.86 Å². The summed E-state index contributed by atoms with van der Waals surface area (Å²) >= 11 is 0.276. The summed E-state index contributed by atoms with van der Waals surface area (Å²) in [5, 5.41) is 12.4. The quantitative estimate of drug-likeness (QED) is 0.465. The molecule has 0 bridgehead atoms. The van der Waals surface area contributed by atoms with Gasteiger partial charge in [-0.2, -0.15) is 0 Å². The number of rotatable bonds is 3. The van der Waals surface area contributed by atoms with Gasteiger partial charge in [0.15, 0.2) is 11.3 Å². The van der Waals surface area contributed by atoms with Crippen LogP contribution in [0, 0.1) is 5.21 Å². The van der Waals surface area contributed by atoms with Gasteiger partial charge >= 0.3 is 0 Å². The van der Waals surface area contributed by atoms with Gasteiger partial charge in [0, 0.05) is 12.5 Å². The highest BCUT2D eigenvalue weighted by molar-refractivity contribution is 7.66. The Hall–Kier alpha value is -1.49. The molecule has 1 unspecified atom stereocenters. The van der Waals surface area contributed by atoms with Gasteiger partial charge in [-0.3, -0.25) is 4.65 Å². The molecule has 0 amide bonds. The molecule has 1 atom stereocenters. The fraction of sp³-hybridized carbons (Fsp3) is 0.154. The van der Waals surface area contributed by atoms with E-state index in [1.807, 2.05) is 30.3 Å². The molecule has 3 nitrogen and oxygen atoms in total. The van der Waals surface area contributed by atoms with Gasteiger partial charge < -0.3 is 5.21 Å². The van der Waals surface area contributed by atoms with Gasteiger partial charge in [-0.25, -0.2) is 4.21 Å². The number of hydrogen-bond donors (Lipinski definition) is 0. The third kappa shape index (κ3) is 2.79. The smallest absolute Gasteiger partial charge is 0.231 e. The summed E-state index contributed by atoms with van der Waals surface area (Å²) in [5.74, 6) is 0. The van der Waals surface area contributed by atoms with Gasteiger partial charge in [0.1, 0.15) is 6.20 Å². The van der Waals surface area contributed by atoms with Crippen molar-refractivity contribution in [3.8, 4) is 0 Å². The molecule has 1 aromatic rings. The number of benzene rings is 1. The maximum absolute atomic E-state index is 12.4. The lowest BCUT2D eigenvalue weighted by Gasteiger charge is -2.38. The lowest BCUT2D eigenvalue weighted by atomic mass is 10.1. The van der Waals surface area contributed by atoms with Crippen LogP contribution in [0.4, 0.5) is 0 Å². The van der Waals surface area contributed by atoms with Crippen molar-refractivity contribution >= 4 is 16.2 Å². The van der Waals surface area contributed by atoms with Gasteiger partial charge in [-0.05, 0) is 11.6 Å². The molecule has 0 radical (unpaired) electrons. The van der Waals surface area contributed by atoms with Crippen LogP contribution in [0.5, 0.6) is 0 Å². The van der Waals surface area contributed by atoms with Crippen LogP contribution in [0.1, 0.15) is 5.56 Å². The topological polar surface area (TPSA) is 40.1 Å². The minimum Gasteiger partial charge on any atom is -0.622 e. The normalized spacial score (nSPS) is 22.8. The Morgan fingerprint density at radius 3 is 2.65 bits per heavy atom. The van der Waals surface area contributed by atoms with Gasteiger partial charge in [0.25, 0.3) is 0 Å². The summed E-state index contributed by atoms with van der Waals surface area (Å²) in [6.45, 7) is 0.357. The molecule has 4 heteroatoms. The van der Waals surface area contributed by atoms with E-state index in [0.29, 0.717) is 18.0 Å². The maximum Gasteiger partial charge on any atom is 0.231 e. The largest absolute Gasteiger partial charge is 0.622 e. The van der Waals surface area contributed by atoms with Crippen molar-refractivity contribution in [2.75, 3.05) is 6.54 Å². The molecule has 0 saturated carbocycles. The first-order chi connectivity index (χ1) is 8.24. The number of quaternary nitrogens is 1. The van der Waals surface area contributed by atoms with E-state index >= 15 is 0 Å². The molecule has 0 aliphatic carbocycles. The van der Waals surface area contributed by atoms with Crippen molar-refractivity contribution in [3.63, 3.8) is 0 Å². The van der Waals surface area contributed by atoms with E-state index in [2.05, 4.69) is 0 Å². The molecular weight excluding hydrogens is 234 g/mol. The average Bonchev–Trinajstić information content (AvgIpc) is 2.38. The van der Waals surface area contributed by atoms with Gasteiger partial charge in [0.2, 0.25) is 4.99 Å². The van der Waals surface area contributed by atoms with E-state index in [1.54, 1.807) is 18.2 Å². The summed E-state index contributed by atoms with van der Waals surface area (Å²) in [6, 6.07) is 9.81. The molecule has 0 N–H and O–H groups in total. The van der Waals surface area contributed by atoms with E-state index < -0.39 is 4.65 Å². The number of hydrogen-bond acceptors (Lipinski definition) is 2. The van der Waals surface area contributed by atoms with Crippen LogP contribution in [0.3, 0.4) is 0 Å². The van der Waals surface area contributed by atoms with E-state index in [4.69, 9.17) is 0 Å². The molecule has 17 heavy (non-hydrogen) atoms. The van der Waals surface area contributed by atoms with Crippen LogP contribution in [0.2, 0.25) is 0 Å². The minimum absolute atomic E-state index is 0.276. The third-order valence-electron chi connectivity index (χ3n) is 2.71. The number of allylic oxidation sites excluding steroid dienone is 2. The molecular formula is C13H13NO2S. The zero-order valence-corrected chi connectivity index (χ0v) is 10.1. The molecule has 1 aliphatic heterocycles. The fourth-order valence-corrected chi connectivity index (χ4v) is 2.15. The van der Waals surface area contributed by atoms with Crippen LogP contribution in [-0.4, -0.2) is 20.4 Å². The van der Waals surface area contributed by atoms with Crippen LogP contribution < -0.4 is 0 Å². The highest BCUT2D eigenvalue weighted by atomic mass is 32.1. The summed E-state index contributed by atoms with van der Waals surface area (Å²) in [7, 11) is 0. The highest BCUT2D eigenvalue weighted by Gasteiger charge is 2.21. The highest BCUT2D eigenvalue weighted by Crippen LogP contribution is 2.14. The first kappa shape index (κ1) is 12.0. The second kappa shape index (κ2) is 5.23. The van der Waals surface area contributed by atoms with E-state index in [-0.39, 0.29) is 11.3 Å². The van der Waals surface area contributed by atoms with Gasteiger partial charge in [-0.1, -0.05) is 36.4 Å². The summed E-state index contributed by atoms with van der Waals surface area (Å²) < 4.78 is 10.2. The molecule has 0 aromatic heterocycles. The average molecular weight is 247 g/mol. The first-order valence-electron chi connectivity index (χ1n) is 5.40. The monoisotopic (exact) mass is 247 g/mol. The molecule has 1 aromatic carbocycles. The Kier molecular flexibility index (Phi) is 3.68. The Balaban J connectivity index is 2.10. The van der Waals surface area contributed by atoms with Crippen LogP contribution >= 0.6 is 0 Å². The Bertz CT molecular complexity index is 503. The second-order valence-corrected chi connectivity index (χ2v) is 4.46. The number of hydroxylamine groups is 3. The summed E-state index contributed by atoms with van der Waals surface area (Å²) in [5.41, 5.74) is 1.11. The Morgan fingerprint density at radius 2 is 1.94 bits per heavy atom. The van der Waals surface area contributed by atoms with E-state index in [9.17, 15) is 9.42 Å². The van der Waals surface area contributed by atoms with Gasteiger partial charge in [-0.15, -0.1) is 0 Å². The van der Waals surface area contributed by atoms with Crippen molar-refractivity contribution in [1.29, 1.82) is 0 Å². The van der Waals surface area contributed by atoms with Crippen LogP contribution in [0.15, 0.2) is 54.8 Å². The zero-order valence-electron chi connectivity index (χ0n) is 9.28. The van der Waals surface area contributed by atoms with Crippen molar-refractivity contribution in [1.82, 2.24) is 0 Å². The van der Waals surface area contributed by atoms with Crippen molar-refractivity contribution in [3.05, 3.63) is 65.5 Å². The van der Waals surface area contributed by atoms with Crippen LogP contribution in [-0.2, 0) is 17.7 Å². The molecule has 1 heterocycles. The predicted molar refractivity (Wildman–Crippen MR) is 70.1 cm³/mol. The standard InChI is InChI=1S/C13H13NO2S/c15-14(10-5-4-8-13(14)17-16)11-9-12-6-2-1-3-7-12/h1-8,10H,9,11H2. The molecule has 0 fully saturated rings. The molecule has 0 saturated heterocycles. The lowest BCUT2D eigenvalue weighted by Crippen LogP contribution is -2.44.